The lowest BCUT2D eigenvalue weighted by Crippen LogP contribution is -2.13. The third kappa shape index (κ3) is 2.24. The Balaban J connectivity index is 1.81. The number of para-hydroxylation sites is 1. The van der Waals surface area contributed by atoms with E-state index in [-0.39, 0.29) is 6.04 Å². The topological polar surface area (TPSA) is 40.7 Å². The van der Waals surface area contributed by atoms with Crippen molar-refractivity contribution in [2.75, 3.05) is 5.32 Å². The predicted octanol–water partition coefficient (Wildman–Crippen LogP) is 5.70. The minimum atomic E-state index is 0.109. The molecule has 2 aromatic heterocycles. The molecule has 0 bridgehead atoms. The Morgan fingerprint density at radius 2 is 1.77 bits per heavy atom. The van der Waals surface area contributed by atoms with Crippen LogP contribution in [0.4, 0.5) is 5.69 Å². The van der Waals surface area contributed by atoms with Gasteiger partial charge in [-0.2, -0.15) is 0 Å². The van der Waals surface area contributed by atoms with E-state index in [4.69, 9.17) is 0 Å². The molecular formula is C23H21N3. The van der Waals surface area contributed by atoms with Crippen molar-refractivity contribution in [1.82, 2.24) is 9.97 Å². The van der Waals surface area contributed by atoms with Crippen LogP contribution in [-0.2, 0) is 6.42 Å². The summed E-state index contributed by atoms with van der Waals surface area (Å²) in [7, 11) is 0. The van der Waals surface area contributed by atoms with Gasteiger partial charge in [-0.15, -0.1) is 0 Å². The number of aryl methyl sites for hydroxylation is 1. The molecule has 2 aromatic carbocycles. The molecule has 1 aliphatic heterocycles. The van der Waals surface area contributed by atoms with E-state index in [9.17, 15) is 0 Å². The molecule has 128 valence electrons. The van der Waals surface area contributed by atoms with Crippen LogP contribution in [0.1, 0.15) is 36.1 Å². The van der Waals surface area contributed by atoms with Gasteiger partial charge in [0.25, 0.3) is 0 Å². The molecule has 3 heteroatoms. The van der Waals surface area contributed by atoms with Gasteiger partial charge in [0.15, 0.2) is 0 Å². The van der Waals surface area contributed by atoms with Gasteiger partial charge in [0.2, 0.25) is 0 Å². The summed E-state index contributed by atoms with van der Waals surface area (Å²) in [6.07, 6.45) is 6.23. The number of nitrogens with zero attached hydrogens (tertiary/aromatic N) is 1. The Kier molecular flexibility index (Phi) is 3.52. The molecule has 5 rings (SSSR count). The lowest BCUT2D eigenvalue weighted by atomic mass is 9.92. The first kappa shape index (κ1) is 15.2. The largest absolute Gasteiger partial charge is 0.374 e. The molecule has 1 aliphatic rings. The van der Waals surface area contributed by atoms with Gasteiger partial charge in [-0.05, 0) is 35.2 Å². The first-order valence-electron chi connectivity index (χ1n) is 9.26. The van der Waals surface area contributed by atoms with Crippen molar-refractivity contribution >= 4 is 16.7 Å². The molecule has 0 saturated carbocycles. The smallest absolute Gasteiger partial charge is 0.138 e. The quantitative estimate of drug-likeness (QED) is 0.503. The molecule has 26 heavy (non-hydrogen) atoms. The van der Waals surface area contributed by atoms with Gasteiger partial charge in [0.05, 0.1) is 6.04 Å². The molecule has 1 unspecified atom stereocenters. The van der Waals surface area contributed by atoms with Gasteiger partial charge < -0.3 is 10.3 Å². The highest BCUT2D eigenvalue weighted by Crippen LogP contribution is 2.43. The van der Waals surface area contributed by atoms with Crippen LogP contribution in [0.25, 0.3) is 22.2 Å². The number of nitrogens with one attached hydrogen (secondary N) is 2. The summed E-state index contributed by atoms with van der Waals surface area (Å²) < 4.78 is 0. The number of anilines is 1. The van der Waals surface area contributed by atoms with Gasteiger partial charge in [-0.1, -0.05) is 55.8 Å². The van der Waals surface area contributed by atoms with E-state index in [0.29, 0.717) is 0 Å². The van der Waals surface area contributed by atoms with Gasteiger partial charge in [0, 0.05) is 34.6 Å². The van der Waals surface area contributed by atoms with E-state index in [1.54, 1.807) is 0 Å². The van der Waals surface area contributed by atoms with Crippen LogP contribution in [0.5, 0.6) is 0 Å². The predicted molar refractivity (Wildman–Crippen MR) is 107 cm³/mol. The third-order valence-corrected chi connectivity index (χ3v) is 5.32. The number of aromatic nitrogens is 2. The minimum Gasteiger partial charge on any atom is -0.374 e. The average molecular weight is 339 g/mol. The summed E-state index contributed by atoms with van der Waals surface area (Å²) in [5.74, 6) is 0. The molecule has 0 fully saturated rings. The molecule has 3 heterocycles. The summed E-state index contributed by atoms with van der Waals surface area (Å²) in [5, 5.41) is 5.04. The first-order chi connectivity index (χ1) is 12.9. The number of pyridine rings is 1. The third-order valence-electron chi connectivity index (χ3n) is 5.32. The summed E-state index contributed by atoms with van der Waals surface area (Å²) >= 11 is 0. The van der Waals surface area contributed by atoms with Crippen molar-refractivity contribution in [2.24, 2.45) is 0 Å². The highest BCUT2D eigenvalue weighted by molar-refractivity contribution is 6.01. The Bertz CT molecular complexity index is 1090. The SMILES string of the molecule is CCCc1ccccc1C1Nc2ccccc2-c2ccnc3[nH]cc1c23. The molecule has 0 aliphatic carbocycles. The van der Waals surface area contributed by atoms with Crippen molar-refractivity contribution in [2.45, 2.75) is 25.8 Å². The van der Waals surface area contributed by atoms with E-state index in [1.165, 1.54) is 38.9 Å². The Hall–Kier alpha value is -3.07. The van der Waals surface area contributed by atoms with E-state index in [2.05, 4.69) is 83.0 Å². The van der Waals surface area contributed by atoms with Gasteiger partial charge in [0.1, 0.15) is 5.65 Å². The Morgan fingerprint density at radius 1 is 0.923 bits per heavy atom. The van der Waals surface area contributed by atoms with Crippen LogP contribution in [-0.4, -0.2) is 9.97 Å². The van der Waals surface area contributed by atoms with E-state index < -0.39 is 0 Å². The van der Waals surface area contributed by atoms with Gasteiger partial charge >= 0.3 is 0 Å². The average Bonchev–Trinajstić information content (AvgIpc) is 3.05. The standard InChI is InChI=1S/C23H21N3/c1-2-7-15-8-3-4-9-16(15)22-19-14-25-23-21(19)18(12-13-24-23)17-10-5-6-11-20(17)26-22/h3-6,8-14,22,26H,2,7H2,1H3,(H,24,25). The maximum absolute atomic E-state index is 4.56. The summed E-state index contributed by atoms with van der Waals surface area (Å²) in [6, 6.07) is 19.6. The fraction of sp³-hybridized carbons (Fsp3) is 0.174. The van der Waals surface area contributed by atoms with Crippen LogP contribution in [0.15, 0.2) is 67.0 Å². The Morgan fingerprint density at radius 3 is 2.69 bits per heavy atom. The van der Waals surface area contributed by atoms with Crippen molar-refractivity contribution in [3.63, 3.8) is 0 Å². The molecule has 1 atom stereocenters. The molecule has 2 N–H and O–H groups in total. The zero-order valence-electron chi connectivity index (χ0n) is 14.8. The van der Waals surface area contributed by atoms with Crippen LogP contribution in [0, 0.1) is 0 Å². The number of fused-ring (bicyclic) bond motifs is 2. The second kappa shape index (κ2) is 6.03. The molecular weight excluding hydrogens is 318 g/mol. The summed E-state index contributed by atoms with van der Waals surface area (Å²) in [5.41, 5.74) is 8.62. The van der Waals surface area contributed by atoms with Crippen LogP contribution in [0.2, 0.25) is 0 Å². The molecule has 3 nitrogen and oxygen atoms in total. The van der Waals surface area contributed by atoms with Gasteiger partial charge in [-0.3, -0.25) is 0 Å². The zero-order valence-corrected chi connectivity index (χ0v) is 14.8. The van der Waals surface area contributed by atoms with E-state index in [0.717, 1.165) is 18.5 Å². The normalized spacial score (nSPS) is 15.3. The van der Waals surface area contributed by atoms with Crippen molar-refractivity contribution in [3.05, 3.63) is 83.7 Å². The second-order valence-corrected chi connectivity index (χ2v) is 6.90. The minimum absolute atomic E-state index is 0.109. The molecule has 0 radical (unpaired) electrons. The molecule has 0 amide bonds. The fourth-order valence-corrected chi connectivity index (χ4v) is 4.17. The van der Waals surface area contributed by atoms with Crippen molar-refractivity contribution in [3.8, 4) is 11.1 Å². The Labute approximate surface area is 153 Å². The van der Waals surface area contributed by atoms with E-state index in [1.807, 2.05) is 6.20 Å². The molecule has 0 spiro atoms. The summed E-state index contributed by atoms with van der Waals surface area (Å²) in [4.78, 5) is 7.94. The van der Waals surface area contributed by atoms with Crippen LogP contribution < -0.4 is 5.32 Å². The monoisotopic (exact) mass is 339 g/mol. The van der Waals surface area contributed by atoms with Crippen LogP contribution in [0.3, 0.4) is 0 Å². The molecule has 4 aromatic rings. The highest BCUT2D eigenvalue weighted by atomic mass is 14.9. The maximum Gasteiger partial charge on any atom is 0.138 e. The van der Waals surface area contributed by atoms with E-state index >= 15 is 0 Å². The number of hydrogen-bond acceptors (Lipinski definition) is 2. The number of H-pyrrole nitrogens is 1. The molecule has 0 saturated heterocycles. The van der Waals surface area contributed by atoms with Crippen molar-refractivity contribution < 1.29 is 0 Å². The summed E-state index contributed by atoms with van der Waals surface area (Å²) in [6.45, 7) is 2.24. The lowest BCUT2D eigenvalue weighted by Gasteiger charge is -2.22. The first-order valence-corrected chi connectivity index (χ1v) is 9.26. The zero-order chi connectivity index (χ0) is 17.5. The van der Waals surface area contributed by atoms with Crippen LogP contribution >= 0.6 is 0 Å². The van der Waals surface area contributed by atoms with Gasteiger partial charge in [-0.25, -0.2) is 4.98 Å². The highest BCUT2D eigenvalue weighted by Gasteiger charge is 2.26. The lowest BCUT2D eigenvalue weighted by molar-refractivity contribution is 0.866. The maximum atomic E-state index is 4.56. The number of rotatable bonds is 3. The fourth-order valence-electron chi connectivity index (χ4n) is 4.17. The number of hydrogen-bond donors (Lipinski definition) is 2. The number of benzene rings is 2. The van der Waals surface area contributed by atoms with Crippen molar-refractivity contribution in [1.29, 1.82) is 0 Å². The second-order valence-electron chi connectivity index (χ2n) is 6.90. The number of aromatic amines is 1.